The summed E-state index contributed by atoms with van der Waals surface area (Å²) < 4.78 is 29.3. The maximum atomic E-state index is 14.6. The molecular formula is C35H36Cl3N3O4S. The molecule has 2 amide bonds. The van der Waals surface area contributed by atoms with E-state index in [1.807, 2.05) is 58.0 Å². The third-order valence-electron chi connectivity index (χ3n) is 7.11. The molecule has 7 nitrogen and oxygen atoms in total. The molecule has 0 spiro atoms. The molecule has 0 heterocycles. The van der Waals surface area contributed by atoms with Gasteiger partial charge in [0.15, 0.2) is 0 Å². The normalized spacial score (nSPS) is 12.3. The number of carbonyl (C=O) groups is 2. The zero-order valence-corrected chi connectivity index (χ0v) is 29.1. The Morgan fingerprint density at radius 1 is 0.826 bits per heavy atom. The molecule has 11 heteroatoms. The molecule has 242 valence electrons. The highest BCUT2D eigenvalue weighted by Gasteiger charge is 2.36. The molecule has 0 aliphatic carbocycles. The summed E-state index contributed by atoms with van der Waals surface area (Å²) in [4.78, 5) is 29.9. The number of anilines is 1. The fourth-order valence-corrected chi connectivity index (χ4v) is 6.90. The molecule has 0 aliphatic rings. The largest absolute Gasteiger partial charge is 0.350 e. The number of aryl methyl sites for hydroxylation is 1. The van der Waals surface area contributed by atoms with Crippen molar-refractivity contribution in [3.8, 4) is 0 Å². The van der Waals surface area contributed by atoms with E-state index in [1.165, 1.54) is 23.1 Å². The van der Waals surface area contributed by atoms with Gasteiger partial charge in [-0.1, -0.05) is 95.0 Å². The van der Waals surface area contributed by atoms with Crippen LogP contribution in [0.2, 0.25) is 15.1 Å². The van der Waals surface area contributed by atoms with Crippen LogP contribution >= 0.6 is 34.8 Å². The summed E-state index contributed by atoms with van der Waals surface area (Å²) in [6, 6.07) is 25.8. The van der Waals surface area contributed by atoms with Crippen molar-refractivity contribution < 1.29 is 18.0 Å². The molecule has 1 atom stereocenters. The van der Waals surface area contributed by atoms with Gasteiger partial charge in [0.1, 0.15) is 12.6 Å². The third kappa shape index (κ3) is 9.26. The van der Waals surface area contributed by atoms with Crippen LogP contribution in [0.3, 0.4) is 0 Å². The fraction of sp³-hybridized carbons (Fsp3) is 0.257. The van der Waals surface area contributed by atoms with E-state index in [4.69, 9.17) is 34.8 Å². The van der Waals surface area contributed by atoms with Crippen LogP contribution in [0, 0.1) is 6.92 Å². The monoisotopic (exact) mass is 699 g/mol. The van der Waals surface area contributed by atoms with Crippen molar-refractivity contribution in [3.05, 3.63) is 129 Å². The topological polar surface area (TPSA) is 86.8 Å². The molecule has 0 radical (unpaired) electrons. The summed E-state index contributed by atoms with van der Waals surface area (Å²) >= 11 is 19.0. The molecule has 0 fully saturated rings. The minimum atomic E-state index is -4.25. The predicted molar refractivity (Wildman–Crippen MR) is 186 cm³/mol. The minimum Gasteiger partial charge on any atom is -0.350 e. The first-order chi connectivity index (χ1) is 21.6. The highest BCUT2D eigenvalue weighted by Crippen LogP contribution is 2.29. The second-order valence-corrected chi connectivity index (χ2v) is 15.1. The molecule has 0 saturated carbocycles. The predicted octanol–water partition coefficient (Wildman–Crippen LogP) is 7.71. The van der Waals surface area contributed by atoms with E-state index in [9.17, 15) is 18.0 Å². The number of amides is 2. The maximum absolute atomic E-state index is 14.6. The number of nitrogens with zero attached hydrogens (tertiary/aromatic N) is 2. The molecule has 1 unspecified atom stereocenters. The van der Waals surface area contributed by atoms with Gasteiger partial charge in [-0.25, -0.2) is 8.42 Å². The third-order valence-corrected chi connectivity index (χ3v) is 9.72. The number of carbonyl (C=O) groups excluding carboxylic acids is 2. The first-order valence-corrected chi connectivity index (χ1v) is 17.2. The van der Waals surface area contributed by atoms with Crippen LogP contribution in [-0.4, -0.2) is 43.3 Å². The number of benzene rings is 4. The Kier molecular flexibility index (Phi) is 11.4. The SMILES string of the molecule is Cc1ccc(S(=O)(=O)N(CC(=O)N(Cc2ccc(Cl)cc2Cl)C(Cc2ccccc2)C(=O)NC(C)(C)C)c2cccc(Cl)c2)cc1. The van der Waals surface area contributed by atoms with Crippen molar-refractivity contribution in [1.82, 2.24) is 10.2 Å². The summed E-state index contributed by atoms with van der Waals surface area (Å²) in [5.74, 6) is -1.02. The number of nitrogens with one attached hydrogen (secondary N) is 1. The number of sulfonamides is 1. The van der Waals surface area contributed by atoms with Crippen LogP contribution in [0.1, 0.15) is 37.5 Å². The molecule has 4 rings (SSSR count). The van der Waals surface area contributed by atoms with Gasteiger partial charge in [-0.15, -0.1) is 0 Å². The summed E-state index contributed by atoms with van der Waals surface area (Å²) in [5.41, 5.74) is 1.82. The Morgan fingerprint density at radius 2 is 1.48 bits per heavy atom. The van der Waals surface area contributed by atoms with Crippen LogP contribution in [0.4, 0.5) is 5.69 Å². The minimum absolute atomic E-state index is 0.00415. The molecule has 0 bridgehead atoms. The van der Waals surface area contributed by atoms with Crippen LogP contribution in [0.15, 0.2) is 102 Å². The van der Waals surface area contributed by atoms with Gasteiger partial charge in [-0.2, -0.15) is 0 Å². The van der Waals surface area contributed by atoms with Gasteiger partial charge in [0, 0.05) is 33.6 Å². The zero-order valence-electron chi connectivity index (χ0n) is 26.0. The van der Waals surface area contributed by atoms with E-state index in [0.29, 0.717) is 20.6 Å². The number of halogens is 3. The molecule has 0 aromatic heterocycles. The summed E-state index contributed by atoms with van der Waals surface area (Å²) in [6.07, 6.45) is 0.168. The standard InChI is InChI=1S/C35H36Cl3N3O4S/c1-24-13-17-30(18-14-24)46(44,45)41(29-12-8-11-27(36)20-29)23-33(42)40(22-26-15-16-28(37)21-31(26)38)32(34(43)39-35(2,3)4)19-25-9-6-5-7-10-25/h5-18,20-21,32H,19,22-23H2,1-4H3,(H,39,43). The van der Waals surface area contributed by atoms with Gasteiger partial charge in [0.2, 0.25) is 11.8 Å². The Labute approximate surface area is 286 Å². The van der Waals surface area contributed by atoms with Crippen molar-refractivity contribution in [2.24, 2.45) is 0 Å². The lowest BCUT2D eigenvalue weighted by Gasteiger charge is -2.35. The van der Waals surface area contributed by atoms with Gasteiger partial charge in [0.05, 0.1) is 10.6 Å². The molecule has 0 aliphatic heterocycles. The van der Waals surface area contributed by atoms with E-state index in [1.54, 1.807) is 48.5 Å². The zero-order chi connectivity index (χ0) is 33.6. The van der Waals surface area contributed by atoms with Crippen molar-refractivity contribution in [1.29, 1.82) is 0 Å². The molecule has 4 aromatic rings. The second-order valence-electron chi connectivity index (χ2n) is 12.0. The Bertz CT molecular complexity index is 1790. The molecule has 0 saturated heterocycles. The molecular weight excluding hydrogens is 665 g/mol. The summed E-state index contributed by atoms with van der Waals surface area (Å²) in [6.45, 7) is 6.70. The van der Waals surface area contributed by atoms with Crippen molar-refractivity contribution >= 4 is 62.3 Å². The fourth-order valence-electron chi connectivity index (χ4n) is 4.84. The van der Waals surface area contributed by atoms with E-state index < -0.39 is 40.0 Å². The number of rotatable bonds is 11. The second kappa shape index (κ2) is 14.9. The summed E-state index contributed by atoms with van der Waals surface area (Å²) in [5, 5.41) is 4.01. The average Bonchev–Trinajstić information content (AvgIpc) is 2.98. The summed E-state index contributed by atoms with van der Waals surface area (Å²) in [7, 11) is -4.25. The molecule has 46 heavy (non-hydrogen) atoms. The van der Waals surface area contributed by atoms with E-state index in [2.05, 4.69) is 5.32 Å². The van der Waals surface area contributed by atoms with Crippen molar-refractivity contribution in [3.63, 3.8) is 0 Å². The Morgan fingerprint density at radius 3 is 2.09 bits per heavy atom. The van der Waals surface area contributed by atoms with Gasteiger partial charge in [-0.05, 0) is 81.3 Å². The van der Waals surface area contributed by atoms with Crippen LogP contribution < -0.4 is 9.62 Å². The first-order valence-electron chi connectivity index (χ1n) is 14.6. The van der Waals surface area contributed by atoms with E-state index >= 15 is 0 Å². The average molecular weight is 701 g/mol. The Balaban J connectivity index is 1.84. The lowest BCUT2D eigenvalue weighted by Crippen LogP contribution is -2.56. The van der Waals surface area contributed by atoms with Crippen LogP contribution in [0.25, 0.3) is 0 Å². The van der Waals surface area contributed by atoms with Gasteiger partial charge < -0.3 is 10.2 Å². The van der Waals surface area contributed by atoms with Crippen LogP contribution in [-0.2, 0) is 32.6 Å². The van der Waals surface area contributed by atoms with Gasteiger partial charge in [-0.3, -0.25) is 13.9 Å². The molecule has 1 N–H and O–H groups in total. The lowest BCUT2D eigenvalue weighted by molar-refractivity contribution is -0.140. The van der Waals surface area contributed by atoms with E-state index in [-0.39, 0.29) is 23.5 Å². The maximum Gasteiger partial charge on any atom is 0.264 e. The molecule has 4 aromatic carbocycles. The van der Waals surface area contributed by atoms with Crippen molar-refractivity contribution in [2.45, 2.75) is 57.1 Å². The highest BCUT2D eigenvalue weighted by molar-refractivity contribution is 7.92. The smallest absolute Gasteiger partial charge is 0.264 e. The van der Waals surface area contributed by atoms with Gasteiger partial charge in [0.25, 0.3) is 10.0 Å². The number of hydrogen-bond donors (Lipinski definition) is 1. The van der Waals surface area contributed by atoms with Gasteiger partial charge >= 0.3 is 0 Å². The van der Waals surface area contributed by atoms with E-state index in [0.717, 1.165) is 15.4 Å². The lowest BCUT2D eigenvalue weighted by atomic mass is 10.0. The quantitative estimate of drug-likeness (QED) is 0.174. The Hall–Kier alpha value is -3.56. The highest BCUT2D eigenvalue weighted by atomic mass is 35.5. The van der Waals surface area contributed by atoms with Crippen molar-refractivity contribution in [2.75, 3.05) is 10.8 Å². The number of hydrogen-bond acceptors (Lipinski definition) is 4. The first kappa shape index (κ1) is 35.3. The van der Waals surface area contributed by atoms with Crippen LogP contribution in [0.5, 0.6) is 0 Å².